The Labute approximate surface area is 192 Å². The number of nitrogens with two attached hydrogens (primary N) is 1. The molecule has 34 heavy (non-hydrogen) atoms. The number of benzene rings is 2. The van der Waals surface area contributed by atoms with E-state index in [1.807, 2.05) is 0 Å². The molecule has 0 fully saturated rings. The molecular weight excluding hydrogens is 442 g/mol. The van der Waals surface area contributed by atoms with Crippen LogP contribution in [0.4, 0.5) is 14.5 Å². The molecular formula is C23H16F2N8O. The van der Waals surface area contributed by atoms with Gasteiger partial charge in [-0.3, -0.25) is 0 Å². The SMILES string of the molecule is N#Cc1cccc(N2C=C(N)c3nc(C(O)c4c(F)cccc4F)nn3C2c2ccncn2)c1. The minimum Gasteiger partial charge on any atom is -0.394 e. The lowest BCUT2D eigenvalue weighted by Gasteiger charge is -2.34. The van der Waals surface area contributed by atoms with E-state index in [0.29, 0.717) is 16.9 Å². The maximum atomic E-state index is 14.3. The van der Waals surface area contributed by atoms with E-state index in [1.54, 1.807) is 47.6 Å². The average molecular weight is 458 g/mol. The lowest BCUT2D eigenvalue weighted by atomic mass is 10.1. The normalized spacial score (nSPS) is 15.9. The summed E-state index contributed by atoms with van der Waals surface area (Å²) in [6, 6.07) is 13.9. The Morgan fingerprint density at radius 1 is 1.12 bits per heavy atom. The van der Waals surface area contributed by atoms with Crippen molar-refractivity contribution < 1.29 is 13.9 Å². The zero-order chi connectivity index (χ0) is 23.8. The van der Waals surface area contributed by atoms with E-state index in [-0.39, 0.29) is 17.3 Å². The zero-order valence-corrected chi connectivity index (χ0v) is 17.4. The Hall–Kier alpha value is -4.69. The van der Waals surface area contributed by atoms with Crippen molar-refractivity contribution in [1.82, 2.24) is 24.7 Å². The van der Waals surface area contributed by atoms with E-state index in [0.717, 1.165) is 12.1 Å². The summed E-state index contributed by atoms with van der Waals surface area (Å²) in [6.45, 7) is 0. The van der Waals surface area contributed by atoms with Crippen molar-refractivity contribution in [3.8, 4) is 6.07 Å². The Morgan fingerprint density at radius 3 is 2.59 bits per heavy atom. The number of aliphatic hydroxyl groups is 1. The fourth-order valence-electron chi connectivity index (χ4n) is 3.79. The van der Waals surface area contributed by atoms with Crippen molar-refractivity contribution in [2.24, 2.45) is 5.73 Å². The van der Waals surface area contributed by atoms with E-state index in [1.165, 1.54) is 17.1 Å². The maximum absolute atomic E-state index is 14.3. The summed E-state index contributed by atoms with van der Waals surface area (Å²) in [5.74, 6) is -1.90. The fourth-order valence-corrected chi connectivity index (χ4v) is 3.79. The van der Waals surface area contributed by atoms with Crippen molar-refractivity contribution in [3.05, 3.63) is 107 Å². The van der Waals surface area contributed by atoms with Crippen molar-refractivity contribution in [2.45, 2.75) is 12.3 Å². The molecule has 3 N–H and O–H groups in total. The van der Waals surface area contributed by atoms with Gasteiger partial charge in [0.15, 0.2) is 17.8 Å². The summed E-state index contributed by atoms with van der Waals surface area (Å²) in [5, 5.41) is 24.4. The van der Waals surface area contributed by atoms with E-state index >= 15 is 0 Å². The Bertz CT molecular complexity index is 1430. The molecule has 1 aliphatic heterocycles. The van der Waals surface area contributed by atoms with Gasteiger partial charge in [-0.1, -0.05) is 12.1 Å². The number of hydrogen-bond donors (Lipinski definition) is 2. The lowest BCUT2D eigenvalue weighted by molar-refractivity contribution is 0.198. The highest BCUT2D eigenvalue weighted by Gasteiger charge is 2.34. The van der Waals surface area contributed by atoms with Crippen LogP contribution >= 0.6 is 0 Å². The number of hydrogen-bond acceptors (Lipinski definition) is 8. The molecule has 0 radical (unpaired) electrons. The van der Waals surface area contributed by atoms with Gasteiger partial charge in [0.1, 0.15) is 24.1 Å². The first kappa shape index (κ1) is 21.2. The van der Waals surface area contributed by atoms with Crippen LogP contribution in [0.15, 0.2) is 67.3 Å². The summed E-state index contributed by atoms with van der Waals surface area (Å²) in [5.41, 5.74) is 7.44. The minimum absolute atomic E-state index is 0.182. The van der Waals surface area contributed by atoms with Gasteiger partial charge in [0.2, 0.25) is 0 Å². The van der Waals surface area contributed by atoms with Crippen LogP contribution < -0.4 is 10.6 Å². The number of anilines is 1. The largest absolute Gasteiger partial charge is 0.394 e. The van der Waals surface area contributed by atoms with Gasteiger partial charge < -0.3 is 15.7 Å². The topological polar surface area (TPSA) is 130 Å². The third kappa shape index (κ3) is 3.52. The molecule has 2 aromatic carbocycles. The number of aliphatic hydroxyl groups excluding tert-OH is 1. The molecule has 2 aromatic heterocycles. The number of nitriles is 1. The number of rotatable bonds is 4. The van der Waals surface area contributed by atoms with Crippen LogP contribution in [-0.4, -0.2) is 29.8 Å². The van der Waals surface area contributed by atoms with Crippen LogP contribution in [-0.2, 0) is 0 Å². The van der Waals surface area contributed by atoms with Gasteiger partial charge in [-0.05, 0) is 36.4 Å². The zero-order valence-electron chi connectivity index (χ0n) is 17.4. The van der Waals surface area contributed by atoms with Crippen LogP contribution in [0, 0.1) is 23.0 Å². The van der Waals surface area contributed by atoms with Crippen LogP contribution in [0.2, 0.25) is 0 Å². The average Bonchev–Trinajstić information content (AvgIpc) is 3.30. The number of fused-ring (bicyclic) bond motifs is 1. The van der Waals surface area contributed by atoms with Crippen LogP contribution in [0.25, 0.3) is 5.70 Å². The van der Waals surface area contributed by atoms with Gasteiger partial charge in [-0.2, -0.15) is 10.4 Å². The van der Waals surface area contributed by atoms with Gasteiger partial charge >= 0.3 is 0 Å². The highest BCUT2D eigenvalue weighted by atomic mass is 19.1. The number of halogens is 2. The first-order valence-electron chi connectivity index (χ1n) is 10.1. The van der Waals surface area contributed by atoms with Crippen molar-refractivity contribution in [3.63, 3.8) is 0 Å². The van der Waals surface area contributed by atoms with Crippen molar-refractivity contribution in [1.29, 1.82) is 5.26 Å². The van der Waals surface area contributed by atoms with E-state index < -0.39 is 29.5 Å². The molecule has 4 aromatic rings. The van der Waals surface area contributed by atoms with Crippen LogP contribution in [0.5, 0.6) is 0 Å². The second kappa shape index (κ2) is 8.34. The quantitative estimate of drug-likeness (QED) is 0.477. The highest BCUT2D eigenvalue weighted by molar-refractivity contribution is 5.67. The third-order valence-electron chi connectivity index (χ3n) is 5.34. The fraction of sp³-hybridized carbons (Fsp3) is 0.0870. The summed E-state index contributed by atoms with van der Waals surface area (Å²) in [7, 11) is 0. The Morgan fingerprint density at radius 2 is 1.88 bits per heavy atom. The summed E-state index contributed by atoms with van der Waals surface area (Å²) >= 11 is 0. The maximum Gasteiger partial charge on any atom is 0.184 e. The molecule has 5 rings (SSSR count). The Balaban J connectivity index is 1.66. The van der Waals surface area contributed by atoms with Gasteiger partial charge in [0, 0.05) is 18.1 Å². The van der Waals surface area contributed by atoms with Crippen molar-refractivity contribution in [2.75, 3.05) is 4.90 Å². The van der Waals surface area contributed by atoms with Crippen molar-refractivity contribution >= 4 is 11.4 Å². The Kier molecular flexibility index (Phi) is 5.19. The minimum atomic E-state index is -1.77. The predicted molar refractivity (Wildman–Crippen MR) is 116 cm³/mol. The number of aromatic nitrogens is 5. The molecule has 2 atom stereocenters. The first-order valence-corrected chi connectivity index (χ1v) is 10.1. The van der Waals surface area contributed by atoms with Gasteiger partial charge in [0.05, 0.1) is 28.6 Å². The van der Waals surface area contributed by atoms with Crippen LogP contribution in [0.1, 0.15) is 40.7 Å². The standard InChI is InChI=1S/C23H16F2N8O/c24-15-5-2-6-16(25)19(15)20(34)21-30-22-17(27)11-32(14-4-1-3-13(9-14)10-26)23(33(22)31-21)18-7-8-28-12-29-18/h1-9,11-12,20,23,34H,27H2. The van der Waals surface area contributed by atoms with E-state index in [9.17, 15) is 19.1 Å². The van der Waals surface area contributed by atoms with E-state index in [2.05, 4.69) is 26.1 Å². The molecule has 0 amide bonds. The molecule has 3 heterocycles. The highest BCUT2D eigenvalue weighted by Crippen LogP contribution is 2.35. The molecule has 168 valence electrons. The molecule has 0 saturated heterocycles. The molecule has 0 saturated carbocycles. The second-order valence-electron chi connectivity index (χ2n) is 7.44. The molecule has 11 heteroatoms. The monoisotopic (exact) mass is 458 g/mol. The smallest absolute Gasteiger partial charge is 0.184 e. The molecule has 9 nitrogen and oxygen atoms in total. The van der Waals surface area contributed by atoms with E-state index in [4.69, 9.17) is 5.73 Å². The summed E-state index contributed by atoms with van der Waals surface area (Å²) in [4.78, 5) is 14.3. The predicted octanol–water partition coefficient (Wildman–Crippen LogP) is 2.62. The first-order chi connectivity index (χ1) is 16.5. The second-order valence-corrected chi connectivity index (χ2v) is 7.44. The molecule has 0 spiro atoms. The molecule has 1 aliphatic rings. The third-order valence-corrected chi connectivity index (χ3v) is 5.34. The lowest BCUT2D eigenvalue weighted by Crippen LogP contribution is -2.36. The van der Waals surface area contributed by atoms with Gasteiger partial charge in [-0.25, -0.2) is 28.4 Å². The van der Waals surface area contributed by atoms with Gasteiger partial charge in [0.25, 0.3) is 0 Å². The summed E-state index contributed by atoms with van der Waals surface area (Å²) < 4.78 is 30.0. The summed E-state index contributed by atoms with van der Waals surface area (Å²) in [6.07, 6.45) is 2.01. The van der Waals surface area contributed by atoms with Crippen LogP contribution in [0.3, 0.4) is 0 Å². The molecule has 2 unspecified atom stereocenters. The van der Waals surface area contributed by atoms with Gasteiger partial charge in [-0.15, -0.1) is 0 Å². The molecule has 0 aliphatic carbocycles. The molecule has 0 bridgehead atoms. The number of nitrogens with zero attached hydrogens (tertiary/aromatic N) is 7.